The molecule has 0 radical (unpaired) electrons. The summed E-state index contributed by atoms with van der Waals surface area (Å²) in [6, 6.07) is 21.2. The monoisotopic (exact) mass is 435 g/mol. The summed E-state index contributed by atoms with van der Waals surface area (Å²) in [6.45, 7) is 0.283. The average Bonchev–Trinajstić information content (AvgIpc) is 2.79. The number of carbonyl (C=O) groups is 2. The van der Waals surface area contributed by atoms with E-state index >= 15 is 0 Å². The summed E-state index contributed by atoms with van der Waals surface area (Å²) < 4.78 is 0. The predicted octanol–water partition coefficient (Wildman–Crippen LogP) is 4.34. The molecule has 31 heavy (non-hydrogen) atoms. The van der Waals surface area contributed by atoms with Crippen molar-refractivity contribution in [2.45, 2.75) is 6.54 Å². The van der Waals surface area contributed by atoms with Gasteiger partial charge in [-0.3, -0.25) is 19.7 Å². The Morgan fingerprint density at radius 1 is 0.935 bits per heavy atom. The van der Waals surface area contributed by atoms with Crippen molar-refractivity contribution in [2.75, 3.05) is 0 Å². The Hall–Kier alpha value is -3.97. The molecule has 3 rings (SSSR count). The highest BCUT2D eigenvalue weighted by molar-refractivity contribution is 6.30. The molecule has 0 aliphatic rings. The Balaban J connectivity index is 1.80. The zero-order valence-electron chi connectivity index (χ0n) is 16.2. The van der Waals surface area contributed by atoms with E-state index in [0.717, 1.165) is 5.56 Å². The van der Waals surface area contributed by atoms with Crippen molar-refractivity contribution in [1.29, 1.82) is 0 Å². The van der Waals surface area contributed by atoms with Crippen LogP contribution in [0.5, 0.6) is 0 Å². The number of nitrogens with one attached hydrogen (secondary N) is 2. The fraction of sp³-hybridized carbons (Fsp3) is 0.0435. The fourth-order valence-corrected chi connectivity index (χ4v) is 2.81. The molecule has 0 spiro atoms. The molecule has 0 atom stereocenters. The summed E-state index contributed by atoms with van der Waals surface area (Å²) in [7, 11) is 0. The van der Waals surface area contributed by atoms with E-state index < -0.39 is 16.7 Å². The fourth-order valence-electron chi connectivity index (χ4n) is 2.69. The maximum absolute atomic E-state index is 12.8. The molecular formula is C23H18ClN3O4. The van der Waals surface area contributed by atoms with Crippen molar-refractivity contribution in [3.8, 4) is 0 Å². The van der Waals surface area contributed by atoms with Crippen molar-refractivity contribution < 1.29 is 14.5 Å². The SMILES string of the molecule is O=C(NCc1ccccc1)/C(=C/c1ccc(Cl)cc1)NC(=O)c1ccc([N+](=O)[O-])cc1. The topological polar surface area (TPSA) is 101 Å². The minimum absolute atomic E-state index is 0.0293. The summed E-state index contributed by atoms with van der Waals surface area (Å²) in [5.74, 6) is -1.04. The number of nitro groups is 1. The Labute approximate surface area is 183 Å². The number of hydrogen-bond donors (Lipinski definition) is 2. The second kappa shape index (κ2) is 10.2. The van der Waals surface area contributed by atoms with Gasteiger partial charge >= 0.3 is 0 Å². The number of rotatable bonds is 7. The van der Waals surface area contributed by atoms with E-state index in [0.29, 0.717) is 10.6 Å². The minimum Gasteiger partial charge on any atom is -0.347 e. The van der Waals surface area contributed by atoms with Gasteiger partial charge in [0.15, 0.2) is 0 Å². The van der Waals surface area contributed by atoms with Gasteiger partial charge in [-0.2, -0.15) is 0 Å². The second-order valence-electron chi connectivity index (χ2n) is 6.54. The number of amides is 2. The summed E-state index contributed by atoms with van der Waals surface area (Å²) in [5, 5.41) is 16.7. The van der Waals surface area contributed by atoms with E-state index in [9.17, 15) is 19.7 Å². The lowest BCUT2D eigenvalue weighted by molar-refractivity contribution is -0.384. The number of nitrogens with zero attached hydrogens (tertiary/aromatic N) is 1. The first-order valence-corrected chi connectivity index (χ1v) is 9.65. The molecule has 2 amide bonds. The summed E-state index contributed by atoms with van der Waals surface area (Å²) in [5.41, 5.74) is 1.65. The van der Waals surface area contributed by atoms with Crippen LogP contribution in [0.2, 0.25) is 5.02 Å². The van der Waals surface area contributed by atoms with Gasteiger partial charge in [-0.25, -0.2) is 0 Å². The number of carbonyl (C=O) groups excluding carboxylic acids is 2. The van der Waals surface area contributed by atoms with Crippen LogP contribution in [0.4, 0.5) is 5.69 Å². The molecule has 0 aromatic heterocycles. The maximum Gasteiger partial charge on any atom is 0.269 e. The quantitative estimate of drug-likeness (QED) is 0.327. The first-order valence-electron chi connectivity index (χ1n) is 9.27. The van der Waals surface area contributed by atoms with Crippen LogP contribution < -0.4 is 10.6 Å². The molecule has 3 aromatic carbocycles. The largest absolute Gasteiger partial charge is 0.347 e. The van der Waals surface area contributed by atoms with Crippen LogP contribution in [0.25, 0.3) is 6.08 Å². The third-order valence-electron chi connectivity index (χ3n) is 4.31. The second-order valence-corrected chi connectivity index (χ2v) is 6.97. The summed E-state index contributed by atoms with van der Waals surface area (Å²) >= 11 is 5.91. The number of benzene rings is 3. The molecular weight excluding hydrogens is 418 g/mol. The van der Waals surface area contributed by atoms with E-state index in [-0.39, 0.29) is 23.5 Å². The van der Waals surface area contributed by atoms with Gasteiger partial charge in [0.25, 0.3) is 17.5 Å². The average molecular weight is 436 g/mol. The number of nitro benzene ring substituents is 1. The number of non-ortho nitro benzene ring substituents is 1. The van der Waals surface area contributed by atoms with Crippen LogP contribution in [0.15, 0.2) is 84.6 Å². The van der Waals surface area contributed by atoms with Gasteiger partial charge in [-0.15, -0.1) is 0 Å². The predicted molar refractivity (Wildman–Crippen MR) is 118 cm³/mol. The zero-order valence-corrected chi connectivity index (χ0v) is 17.0. The number of hydrogen-bond acceptors (Lipinski definition) is 4. The van der Waals surface area contributed by atoms with Crippen LogP contribution in [0, 0.1) is 10.1 Å². The molecule has 0 unspecified atom stereocenters. The molecule has 2 N–H and O–H groups in total. The first-order chi connectivity index (χ1) is 14.9. The van der Waals surface area contributed by atoms with Crippen LogP contribution in [0.3, 0.4) is 0 Å². The van der Waals surface area contributed by atoms with Gasteiger partial charge in [0.05, 0.1) is 4.92 Å². The van der Waals surface area contributed by atoms with Crippen LogP contribution in [-0.2, 0) is 11.3 Å². The van der Waals surface area contributed by atoms with Crippen molar-refractivity contribution in [3.05, 3.63) is 116 Å². The lowest BCUT2D eigenvalue weighted by Gasteiger charge is -2.11. The molecule has 7 nitrogen and oxygen atoms in total. The lowest BCUT2D eigenvalue weighted by Crippen LogP contribution is -2.34. The van der Waals surface area contributed by atoms with Crippen LogP contribution >= 0.6 is 11.6 Å². The Kier molecular flexibility index (Phi) is 7.13. The van der Waals surface area contributed by atoms with Crippen molar-refractivity contribution in [3.63, 3.8) is 0 Å². The van der Waals surface area contributed by atoms with Gasteiger partial charge in [0.1, 0.15) is 5.70 Å². The van der Waals surface area contributed by atoms with E-state index in [1.165, 1.54) is 30.3 Å². The molecule has 0 aliphatic heterocycles. The lowest BCUT2D eigenvalue weighted by atomic mass is 10.1. The van der Waals surface area contributed by atoms with E-state index in [4.69, 9.17) is 11.6 Å². The van der Waals surface area contributed by atoms with Crippen molar-refractivity contribution in [1.82, 2.24) is 10.6 Å². The molecule has 8 heteroatoms. The van der Waals surface area contributed by atoms with E-state index in [1.54, 1.807) is 24.3 Å². The molecule has 0 saturated heterocycles. The van der Waals surface area contributed by atoms with Gasteiger partial charge < -0.3 is 10.6 Å². The van der Waals surface area contributed by atoms with Gasteiger partial charge in [0.2, 0.25) is 0 Å². The van der Waals surface area contributed by atoms with Crippen LogP contribution in [-0.4, -0.2) is 16.7 Å². The van der Waals surface area contributed by atoms with Gasteiger partial charge in [-0.05, 0) is 41.5 Å². The number of halogens is 1. The molecule has 0 aliphatic carbocycles. The highest BCUT2D eigenvalue weighted by Gasteiger charge is 2.16. The van der Waals surface area contributed by atoms with Crippen molar-refractivity contribution in [2.24, 2.45) is 0 Å². The molecule has 3 aromatic rings. The molecule has 0 fully saturated rings. The van der Waals surface area contributed by atoms with E-state index in [2.05, 4.69) is 10.6 Å². The van der Waals surface area contributed by atoms with Crippen LogP contribution in [0.1, 0.15) is 21.5 Å². The highest BCUT2D eigenvalue weighted by atomic mass is 35.5. The highest BCUT2D eigenvalue weighted by Crippen LogP contribution is 2.14. The first kappa shape index (κ1) is 21.7. The maximum atomic E-state index is 12.8. The van der Waals surface area contributed by atoms with Gasteiger partial charge in [-0.1, -0.05) is 54.1 Å². The normalized spacial score (nSPS) is 10.9. The molecule has 0 saturated carbocycles. The Bertz CT molecular complexity index is 1110. The van der Waals surface area contributed by atoms with Gasteiger partial charge in [0, 0.05) is 29.3 Å². The standard InChI is InChI=1S/C23H18ClN3O4/c24-19-10-6-16(7-11-19)14-21(23(29)25-15-17-4-2-1-3-5-17)26-22(28)18-8-12-20(13-9-18)27(30)31/h1-14H,15H2,(H,25,29)(H,26,28)/b21-14-. The molecule has 0 bridgehead atoms. The minimum atomic E-state index is -0.565. The zero-order chi connectivity index (χ0) is 22.2. The summed E-state index contributed by atoms with van der Waals surface area (Å²) in [6.07, 6.45) is 1.53. The Morgan fingerprint density at radius 2 is 1.58 bits per heavy atom. The van der Waals surface area contributed by atoms with Crippen molar-refractivity contribution >= 4 is 35.2 Å². The summed E-state index contributed by atoms with van der Waals surface area (Å²) in [4.78, 5) is 35.7. The third-order valence-corrected chi connectivity index (χ3v) is 4.56. The van der Waals surface area contributed by atoms with E-state index in [1.807, 2.05) is 30.3 Å². The third kappa shape index (κ3) is 6.25. The molecule has 0 heterocycles. The Morgan fingerprint density at radius 3 is 2.19 bits per heavy atom. The molecule has 156 valence electrons. The smallest absolute Gasteiger partial charge is 0.269 e.